The quantitative estimate of drug-likeness (QED) is 0.430. The van der Waals surface area contributed by atoms with Crippen LogP contribution in [0, 0.1) is 0 Å². The third-order valence-electron chi connectivity index (χ3n) is 6.65. The fraction of sp³-hybridized carbons (Fsp3) is 0.435. The number of aryl methyl sites for hydroxylation is 2. The number of rotatable bonds is 6. The Hall–Kier alpha value is -3.78. The number of hydrogen-bond acceptors (Lipinski definition) is 8. The summed E-state index contributed by atoms with van der Waals surface area (Å²) in [5.74, 6) is -1.03. The average Bonchev–Trinajstić information content (AvgIpc) is 3.47. The maximum Gasteiger partial charge on any atom is 0.262 e. The molecule has 0 bridgehead atoms. The SMILES string of the molecule is Cn1cnc(S(=O)(=O)N2CCN(C(=O)COc3cccc4c(C5CCC(=O)NC5=O)nn(C)c34)CC2)c1. The van der Waals surface area contributed by atoms with E-state index in [1.54, 1.807) is 40.4 Å². The van der Waals surface area contributed by atoms with Crippen LogP contribution < -0.4 is 10.1 Å². The molecule has 1 aromatic carbocycles. The molecular formula is C23H27N7O6S. The van der Waals surface area contributed by atoms with Gasteiger partial charge in [-0.15, -0.1) is 0 Å². The predicted octanol–water partition coefficient (Wildman–Crippen LogP) is -0.261. The van der Waals surface area contributed by atoms with Crippen molar-refractivity contribution in [3.63, 3.8) is 0 Å². The Bertz CT molecular complexity index is 1490. The summed E-state index contributed by atoms with van der Waals surface area (Å²) in [7, 11) is -0.285. The van der Waals surface area contributed by atoms with Crippen molar-refractivity contribution in [1.29, 1.82) is 0 Å². The van der Waals surface area contributed by atoms with Crippen LogP contribution in [0.4, 0.5) is 0 Å². The number of carbonyl (C=O) groups is 3. The van der Waals surface area contributed by atoms with Crippen molar-refractivity contribution >= 4 is 38.6 Å². The molecule has 2 aromatic heterocycles. The number of piperazine rings is 1. The number of fused-ring (bicyclic) bond motifs is 1. The van der Waals surface area contributed by atoms with Gasteiger partial charge in [0.1, 0.15) is 11.3 Å². The second-order valence-electron chi connectivity index (χ2n) is 9.12. The molecule has 2 aliphatic rings. The summed E-state index contributed by atoms with van der Waals surface area (Å²) in [6.07, 6.45) is 3.50. The fourth-order valence-electron chi connectivity index (χ4n) is 4.72. The van der Waals surface area contributed by atoms with Crippen molar-refractivity contribution in [1.82, 2.24) is 33.9 Å². The molecule has 3 aromatic rings. The van der Waals surface area contributed by atoms with E-state index in [1.165, 1.54) is 16.8 Å². The molecule has 37 heavy (non-hydrogen) atoms. The summed E-state index contributed by atoms with van der Waals surface area (Å²) in [4.78, 5) is 42.3. The van der Waals surface area contributed by atoms with Gasteiger partial charge in [-0.25, -0.2) is 13.4 Å². The van der Waals surface area contributed by atoms with Crippen LogP contribution >= 0.6 is 0 Å². The monoisotopic (exact) mass is 529 g/mol. The molecule has 0 radical (unpaired) electrons. The molecule has 0 aliphatic carbocycles. The lowest BCUT2D eigenvalue weighted by atomic mass is 9.93. The van der Waals surface area contributed by atoms with Crippen LogP contribution in [0.5, 0.6) is 5.75 Å². The minimum atomic E-state index is -3.71. The molecule has 2 saturated heterocycles. The number of imide groups is 1. The highest BCUT2D eigenvalue weighted by molar-refractivity contribution is 7.89. The van der Waals surface area contributed by atoms with Crippen LogP contribution in [0.25, 0.3) is 10.9 Å². The van der Waals surface area contributed by atoms with Crippen molar-refractivity contribution in [2.45, 2.75) is 23.8 Å². The molecule has 2 aliphatic heterocycles. The summed E-state index contributed by atoms with van der Waals surface area (Å²) in [5.41, 5.74) is 1.20. The lowest BCUT2D eigenvalue weighted by Gasteiger charge is -2.33. The smallest absolute Gasteiger partial charge is 0.262 e. The first-order chi connectivity index (χ1) is 17.6. The Labute approximate surface area is 213 Å². The Kier molecular flexibility index (Phi) is 6.45. The average molecular weight is 530 g/mol. The minimum Gasteiger partial charge on any atom is -0.481 e. The van der Waals surface area contributed by atoms with E-state index in [9.17, 15) is 22.8 Å². The molecule has 14 heteroatoms. The van der Waals surface area contributed by atoms with Crippen molar-refractivity contribution in [3.05, 3.63) is 36.4 Å². The van der Waals surface area contributed by atoms with Gasteiger partial charge in [-0.05, 0) is 12.5 Å². The number of benzene rings is 1. The number of nitrogens with one attached hydrogen (secondary N) is 1. The van der Waals surface area contributed by atoms with E-state index in [0.717, 1.165) is 5.39 Å². The maximum atomic E-state index is 12.9. The van der Waals surface area contributed by atoms with Crippen molar-refractivity contribution in [3.8, 4) is 5.75 Å². The van der Waals surface area contributed by atoms with Gasteiger partial charge in [-0.3, -0.25) is 24.4 Å². The molecule has 1 unspecified atom stereocenters. The molecule has 3 amide bonds. The van der Waals surface area contributed by atoms with Gasteiger partial charge in [0.05, 0.1) is 17.9 Å². The molecule has 2 fully saturated rings. The molecule has 1 N–H and O–H groups in total. The van der Waals surface area contributed by atoms with Crippen LogP contribution in [-0.2, 0) is 38.5 Å². The van der Waals surface area contributed by atoms with Gasteiger partial charge in [-0.1, -0.05) is 12.1 Å². The third kappa shape index (κ3) is 4.69. The van der Waals surface area contributed by atoms with E-state index < -0.39 is 15.9 Å². The maximum absolute atomic E-state index is 12.9. The number of sulfonamides is 1. The molecule has 0 saturated carbocycles. The lowest BCUT2D eigenvalue weighted by Crippen LogP contribution is -2.51. The highest BCUT2D eigenvalue weighted by atomic mass is 32.2. The largest absolute Gasteiger partial charge is 0.481 e. The standard InChI is InChI=1S/C23H27N7O6S/c1-27-12-19(24-14-27)37(34,35)30-10-8-29(9-11-30)20(32)13-36-17-5-3-4-15-21(26-28(2)22(15)17)16-6-7-18(31)25-23(16)33/h3-5,12,14,16H,6-11,13H2,1-2H3,(H,25,31,33). The van der Waals surface area contributed by atoms with Gasteiger partial charge in [0.15, 0.2) is 11.6 Å². The number of para-hydroxylation sites is 1. The van der Waals surface area contributed by atoms with Crippen molar-refractivity contribution in [2.24, 2.45) is 14.1 Å². The van der Waals surface area contributed by atoms with Gasteiger partial charge >= 0.3 is 0 Å². The number of carbonyl (C=O) groups excluding carboxylic acids is 3. The highest BCUT2D eigenvalue weighted by Gasteiger charge is 2.33. The fourth-order valence-corrected chi connectivity index (χ4v) is 6.11. The lowest BCUT2D eigenvalue weighted by molar-refractivity contribution is -0.135. The zero-order valence-electron chi connectivity index (χ0n) is 20.5. The van der Waals surface area contributed by atoms with Gasteiger partial charge in [0.25, 0.3) is 15.9 Å². The first-order valence-corrected chi connectivity index (χ1v) is 13.3. The molecule has 5 rings (SSSR count). The third-order valence-corrected chi connectivity index (χ3v) is 8.44. The van der Waals surface area contributed by atoms with Gasteiger partial charge in [0.2, 0.25) is 11.8 Å². The molecule has 196 valence electrons. The Morgan fingerprint density at radius 2 is 1.92 bits per heavy atom. The summed E-state index contributed by atoms with van der Waals surface area (Å²) in [6.45, 7) is 0.577. The minimum absolute atomic E-state index is 0.0148. The molecule has 1 atom stereocenters. The zero-order valence-corrected chi connectivity index (χ0v) is 21.3. The zero-order chi connectivity index (χ0) is 26.3. The number of ether oxygens (including phenoxy) is 1. The van der Waals surface area contributed by atoms with E-state index in [4.69, 9.17) is 4.74 Å². The van der Waals surface area contributed by atoms with Crippen LogP contribution in [0.15, 0.2) is 35.7 Å². The van der Waals surface area contributed by atoms with Gasteiger partial charge in [-0.2, -0.15) is 9.40 Å². The van der Waals surface area contributed by atoms with Crippen molar-refractivity contribution < 1.29 is 27.5 Å². The molecule has 13 nitrogen and oxygen atoms in total. The Morgan fingerprint density at radius 3 is 2.59 bits per heavy atom. The van der Waals surface area contributed by atoms with Crippen LogP contribution in [0.2, 0.25) is 0 Å². The summed E-state index contributed by atoms with van der Waals surface area (Å²) in [6, 6.07) is 5.32. The molecular weight excluding hydrogens is 502 g/mol. The van der Waals surface area contributed by atoms with Crippen LogP contribution in [-0.4, -0.2) is 87.5 Å². The van der Waals surface area contributed by atoms with Crippen molar-refractivity contribution in [2.75, 3.05) is 32.8 Å². The number of amides is 3. The van der Waals surface area contributed by atoms with Gasteiger partial charge < -0.3 is 14.2 Å². The molecule has 4 heterocycles. The highest BCUT2D eigenvalue weighted by Crippen LogP contribution is 2.34. The van der Waals surface area contributed by atoms with E-state index in [1.807, 2.05) is 6.07 Å². The number of aromatic nitrogens is 4. The number of hydrogen-bond donors (Lipinski definition) is 1. The number of piperidine rings is 1. The van der Waals surface area contributed by atoms with Crippen LogP contribution in [0.3, 0.4) is 0 Å². The Balaban J connectivity index is 1.24. The first kappa shape index (κ1) is 24.9. The summed E-state index contributed by atoms with van der Waals surface area (Å²) < 4.78 is 35.9. The number of nitrogens with zero attached hydrogens (tertiary/aromatic N) is 6. The second-order valence-corrected chi connectivity index (χ2v) is 11.0. The van der Waals surface area contributed by atoms with Crippen LogP contribution in [0.1, 0.15) is 24.5 Å². The van der Waals surface area contributed by atoms with E-state index in [0.29, 0.717) is 23.4 Å². The molecule has 0 spiro atoms. The topological polar surface area (TPSA) is 149 Å². The van der Waals surface area contributed by atoms with E-state index in [-0.39, 0.29) is 62.0 Å². The van der Waals surface area contributed by atoms with E-state index >= 15 is 0 Å². The Morgan fingerprint density at radius 1 is 1.16 bits per heavy atom. The summed E-state index contributed by atoms with van der Waals surface area (Å²) in [5, 5.41) is 7.59. The number of imidazole rings is 1. The normalized spacial score (nSPS) is 19.3. The first-order valence-electron chi connectivity index (χ1n) is 11.8. The van der Waals surface area contributed by atoms with Gasteiger partial charge in [0, 0.05) is 58.3 Å². The summed E-state index contributed by atoms with van der Waals surface area (Å²) >= 11 is 0. The second kappa shape index (κ2) is 9.59. The van der Waals surface area contributed by atoms with E-state index in [2.05, 4.69) is 15.4 Å². The predicted molar refractivity (Wildman–Crippen MR) is 130 cm³/mol.